The van der Waals surface area contributed by atoms with Crippen molar-refractivity contribution in [3.63, 3.8) is 0 Å². The quantitative estimate of drug-likeness (QED) is 0.459. The summed E-state index contributed by atoms with van der Waals surface area (Å²) >= 11 is 0. The van der Waals surface area contributed by atoms with Crippen LogP contribution in [-0.4, -0.2) is 25.9 Å². The average Bonchev–Trinajstić information content (AvgIpc) is 2.63. The van der Waals surface area contributed by atoms with Gasteiger partial charge in [0.1, 0.15) is 5.75 Å². The molecule has 2 unspecified atom stereocenters. The van der Waals surface area contributed by atoms with Gasteiger partial charge in [-0.3, -0.25) is 9.11 Å². The van der Waals surface area contributed by atoms with Crippen molar-refractivity contribution in [3.05, 3.63) is 65.2 Å². The summed E-state index contributed by atoms with van der Waals surface area (Å²) < 4.78 is 63.3. The van der Waals surface area contributed by atoms with Crippen molar-refractivity contribution >= 4 is 20.2 Å². The van der Waals surface area contributed by atoms with Gasteiger partial charge in [0, 0.05) is 0 Å². The molecule has 0 amide bonds. The van der Waals surface area contributed by atoms with E-state index in [-0.39, 0.29) is 16.7 Å². The number of rotatable bonds is 10. The Morgan fingerprint density at radius 1 is 0.742 bits per heavy atom. The van der Waals surface area contributed by atoms with Crippen LogP contribution in [0.5, 0.6) is 0 Å². The lowest BCUT2D eigenvalue weighted by Crippen LogP contribution is -2.14. The minimum atomic E-state index is -4.23. The molecule has 2 rings (SSSR count). The van der Waals surface area contributed by atoms with Crippen molar-refractivity contribution < 1.29 is 25.9 Å². The maximum Gasteiger partial charge on any atom is 0.294 e. The van der Waals surface area contributed by atoms with Crippen LogP contribution in [0.4, 0.5) is 0 Å². The second-order valence-corrected chi connectivity index (χ2v) is 11.8. The van der Waals surface area contributed by atoms with Crippen molar-refractivity contribution in [2.75, 3.05) is 0 Å². The average molecular weight is 469 g/mol. The fraction of sp³-hybridized carbons (Fsp3) is 0.478. The Kier molecular flexibility index (Phi) is 8.44. The van der Waals surface area contributed by atoms with Gasteiger partial charge < -0.3 is 0 Å². The molecule has 2 aromatic carbocycles. The Bertz CT molecular complexity index is 1050. The molecule has 2 aromatic rings. The molecule has 0 radical (unpaired) electrons. The minimum absolute atomic E-state index is 0.119. The maximum absolute atomic E-state index is 11.3. The van der Waals surface area contributed by atoms with Crippen LogP contribution in [0.25, 0.3) is 0 Å². The molecule has 0 saturated carbocycles. The van der Waals surface area contributed by atoms with Gasteiger partial charge in [-0.1, -0.05) is 64.1 Å². The summed E-state index contributed by atoms with van der Waals surface area (Å²) in [7, 11) is -8.30. The summed E-state index contributed by atoms with van der Waals surface area (Å²) in [6, 6.07) is 13.7. The van der Waals surface area contributed by atoms with Crippen LogP contribution in [0.2, 0.25) is 0 Å². The Balaban J connectivity index is 2.31. The predicted molar refractivity (Wildman–Crippen MR) is 122 cm³/mol. The van der Waals surface area contributed by atoms with Gasteiger partial charge in [-0.05, 0) is 65.3 Å². The molecule has 0 heterocycles. The smallest absolute Gasteiger partial charge is 0.285 e. The number of hydrogen-bond donors (Lipinski definition) is 2. The van der Waals surface area contributed by atoms with E-state index in [2.05, 4.69) is 27.7 Å². The molecule has 0 bridgehead atoms. The highest BCUT2D eigenvalue weighted by Crippen LogP contribution is 2.38. The summed E-state index contributed by atoms with van der Waals surface area (Å²) in [5.41, 5.74) is 2.66. The first-order valence-corrected chi connectivity index (χ1v) is 13.4. The van der Waals surface area contributed by atoms with Crippen LogP contribution in [0.1, 0.15) is 69.1 Å². The molecule has 0 aliphatic carbocycles. The van der Waals surface area contributed by atoms with E-state index in [0.29, 0.717) is 17.4 Å². The van der Waals surface area contributed by atoms with Gasteiger partial charge in [0.05, 0.1) is 4.90 Å². The summed E-state index contributed by atoms with van der Waals surface area (Å²) in [6.07, 6.45) is 1.79. The monoisotopic (exact) mass is 468 g/mol. The van der Waals surface area contributed by atoms with Crippen molar-refractivity contribution in [2.45, 2.75) is 63.0 Å². The van der Waals surface area contributed by atoms with Crippen molar-refractivity contribution in [1.29, 1.82) is 0 Å². The van der Waals surface area contributed by atoms with E-state index in [1.165, 1.54) is 12.1 Å². The molecule has 8 heteroatoms. The largest absolute Gasteiger partial charge is 0.294 e. The molecule has 2 atom stereocenters. The lowest BCUT2D eigenvalue weighted by atomic mass is 9.76. The van der Waals surface area contributed by atoms with E-state index in [4.69, 9.17) is 4.55 Å². The number of benzene rings is 2. The third-order valence-electron chi connectivity index (χ3n) is 5.51. The normalized spacial score (nSPS) is 14.7. The van der Waals surface area contributed by atoms with Crippen LogP contribution in [0.3, 0.4) is 0 Å². The van der Waals surface area contributed by atoms with E-state index < -0.39 is 26.0 Å². The molecule has 0 fully saturated rings. The van der Waals surface area contributed by atoms with Gasteiger partial charge in [-0.2, -0.15) is 16.8 Å². The summed E-state index contributed by atoms with van der Waals surface area (Å²) in [6.45, 7) is 8.57. The Morgan fingerprint density at radius 2 is 1.26 bits per heavy atom. The molecular weight excluding hydrogens is 436 g/mol. The lowest BCUT2D eigenvalue weighted by Gasteiger charge is -2.28. The van der Waals surface area contributed by atoms with E-state index in [9.17, 15) is 21.4 Å². The third-order valence-corrected chi connectivity index (χ3v) is 7.07. The zero-order valence-electron chi connectivity index (χ0n) is 18.4. The van der Waals surface area contributed by atoms with Crippen molar-refractivity contribution in [1.82, 2.24) is 0 Å². The first kappa shape index (κ1) is 25.5. The standard InChI is InChI=1S/C23H32O6S2/c1-16(2)13-21(19-7-5-18(6-8-19)15-30(24,25)26)14-23(17(3)4)20-9-11-22(12-10-20)31(27,28)29/h5-12,16-17,21,23H,13-15H2,1-4H3,(H,24,25,26)(H,27,28,29). The third kappa shape index (κ3) is 8.03. The second-order valence-electron chi connectivity index (χ2n) is 8.92. The molecule has 2 N–H and O–H groups in total. The SMILES string of the molecule is CC(C)CC(CC(c1ccc(S(=O)(=O)O)cc1)C(C)C)c1ccc(CS(=O)(=O)O)cc1. The fourth-order valence-corrected chi connectivity index (χ4v) is 5.11. The van der Waals surface area contributed by atoms with Crippen LogP contribution in [-0.2, 0) is 26.0 Å². The van der Waals surface area contributed by atoms with Gasteiger partial charge in [-0.25, -0.2) is 0 Å². The topological polar surface area (TPSA) is 109 Å². The Morgan fingerprint density at radius 3 is 1.68 bits per heavy atom. The molecular formula is C23H32O6S2. The van der Waals surface area contributed by atoms with Crippen LogP contribution in [0.15, 0.2) is 53.4 Å². The lowest BCUT2D eigenvalue weighted by molar-refractivity contribution is 0.388. The zero-order chi connectivity index (χ0) is 23.4. The first-order valence-electron chi connectivity index (χ1n) is 10.4. The fourth-order valence-electron chi connectivity index (χ4n) is 4.02. The molecule has 31 heavy (non-hydrogen) atoms. The van der Waals surface area contributed by atoms with Gasteiger partial charge >= 0.3 is 0 Å². The number of hydrogen-bond acceptors (Lipinski definition) is 4. The Hall–Kier alpha value is -1.74. The van der Waals surface area contributed by atoms with Gasteiger partial charge in [0.2, 0.25) is 0 Å². The molecule has 0 spiro atoms. The van der Waals surface area contributed by atoms with E-state index in [1.807, 2.05) is 12.1 Å². The van der Waals surface area contributed by atoms with Crippen LogP contribution < -0.4 is 0 Å². The molecule has 0 aromatic heterocycles. The molecule has 0 saturated heterocycles. The maximum atomic E-state index is 11.3. The van der Waals surface area contributed by atoms with Crippen molar-refractivity contribution in [2.24, 2.45) is 11.8 Å². The van der Waals surface area contributed by atoms with Crippen LogP contribution in [0, 0.1) is 11.8 Å². The minimum Gasteiger partial charge on any atom is -0.285 e. The van der Waals surface area contributed by atoms with E-state index >= 15 is 0 Å². The summed E-state index contributed by atoms with van der Waals surface area (Å²) in [5.74, 6) is 0.768. The summed E-state index contributed by atoms with van der Waals surface area (Å²) in [5, 5.41) is 0. The van der Waals surface area contributed by atoms with Crippen molar-refractivity contribution in [3.8, 4) is 0 Å². The second kappa shape index (κ2) is 10.3. The van der Waals surface area contributed by atoms with E-state index in [1.54, 1.807) is 24.3 Å². The first-order chi connectivity index (χ1) is 14.3. The zero-order valence-corrected chi connectivity index (χ0v) is 20.0. The molecule has 0 aliphatic rings. The van der Waals surface area contributed by atoms with E-state index in [0.717, 1.165) is 24.0 Å². The highest BCUT2D eigenvalue weighted by molar-refractivity contribution is 7.85. The highest BCUT2D eigenvalue weighted by atomic mass is 32.2. The molecule has 172 valence electrons. The molecule has 0 aliphatic heterocycles. The molecule has 6 nitrogen and oxygen atoms in total. The Labute approximate surface area is 186 Å². The van der Waals surface area contributed by atoms with Gasteiger partial charge in [0.25, 0.3) is 20.2 Å². The van der Waals surface area contributed by atoms with Crippen LogP contribution >= 0.6 is 0 Å². The highest BCUT2D eigenvalue weighted by Gasteiger charge is 2.24. The van der Waals surface area contributed by atoms with Gasteiger partial charge in [0.15, 0.2) is 0 Å². The van der Waals surface area contributed by atoms with Gasteiger partial charge in [-0.15, -0.1) is 0 Å². The summed E-state index contributed by atoms with van der Waals surface area (Å²) in [4.78, 5) is -0.119. The predicted octanol–water partition coefficient (Wildman–Crippen LogP) is 5.28.